The molecule has 158 valence electrons. The summed E-state index contributed by atoms with van der Waals surface area (Å²) in [6, 6.07) is 8.37. The van der Waals surface area contributed by atoms with Crippen LogP contribution in [0.15, 0.2) is 65.4 Å². The minimum absolute atomic E-state index is 0.0198. The van der Waals surface area contributed by atoms with Crippen molar-refractivity contribution in [1.82, 2.24) is 4.98 Å². The van der Waals surface area contributed by atoms with Gasteiger partial charge in [0.2, 0.25) is 0 Å². The Bertz CT molecular complexity index is 1170. The van der Waals surface area contributed by atoms with E-state index in [1.807, 2.05) is 0 Å². The summed E-state index contributed by atoms with van der Waals surface area (Å²) in [5.74, 6) is -0.961. The minimum atomic E-state index is -4.59. The Labute approximate surface area is 181 Å². The first-order valence-electron chi connectivity index (χ1n) is 9.46. The molecule has 1 atom stereocenters. The second kappa shape index (κ2) is 7.75. The van der Waals surface area contributed by atoms with E-state index in [2.05, 4.69) is 11.1 Å². The van der Waals surface area contributed by atoms with Gasteiger partial charge in [0.1, 0.15) is 5.82 Å². The van der Waals surface area contributed by atoms with Crippen molar-refractivity contribution in [3.05, 3.63) is 81.5 Å². The van der Waals surface area contributed by atoms with Gasteiger partial charge in [-0.15, -0.1) is 0 Å². The highest BCUT2D eigenvalue weighted by molar-refractivity contribution is 6.33. The van der Waals surface area contributed by atoms with Crippen molar-refractivity contribution in [3.8, 4) is 6.07 Å². The Morgan fingerprint density at radius 1 is 1.26 bits per heavy atom. The van der Waals surface area contributed by atoms with E-state index in [0.717, 1.165) is 18.2 Å². The number of carbonyl (C=O) groups is 1. The zero-order valence-corrected chi connectivity index (χ0v) is 16.8. The molecular weight excluding hydrogens is 429 g/mol. The number of carbonyl (C=O) groups excluding carboxylic acids is 1. The molecule has 2 aliphatic rings. The van der Waals surface area contributed by atoms with E-state index in [-0.39, 0.29) is 34.3 Å². The number of allylic oxidation sites excluding steroid dienone is 3. The zero-order chi connectivity index (χ0) is 22.3. The Morgan fingerprint density at radius 3 is 2.68 bits per heavy atom. The average Bonchev–Trinajstić information content (AvgIpc) is 2.74. The van der Waals surface area contributed by atoms with Gasteiger partial charge >= 0.3 is 6.18 Å². The van der Waals surface area contributed by atoms with Crippen molar-refractivity contribution in [2.75, 3.05) is 4.90 Å². The molecule has 0 amide bonds. The molecule has 1 aliphatic heterocycles. The maximum absolute atomic E-state index is 13.4. The maximum atomic E-state index is 13.4. The number of rotatable bonds is 2. The zero-order valence-electron chi connectivity index (χ0n) is 16.1. The maximum Gasteiger partial charge on any atom is 0.416 e. The lowest BCUT2D eigenvalue weighted by Gasteiger charge is -2.40. The Balaban J connectivity index is 1.99. The van der Waals surface area contributed by atoms with E-state index >= 15 is 0 Å². The third kappa shape index (κ3) is 3.55. The van der Waals surface area contributed by atoms with Gasteiger partial charge in [-0.05, 0) is 42.7 Å². The van der Waals surface area contributed by atoms with E-state index < -0.39 is 17.7 Å². The van der Waals surface area contributed by atoms with Gasteiger partial charge in [0.05, 0.1) is 33.8 Å². The Morgan fingerprint density at radius 2 is 2.03 bits per heavy atom. The highest BCUT2D eigenvalue weighted by atomic mass is 35.5. The van der Waals surface area contributed by atoms with Crippen molar-refractivity contribution in [2.45, 2.75) is 31.4 Å². The predicted molar refractivity (Wildman–Crippen MR) is 109 cm³/mol. The molecule has 2 N–H and O–H groups in total. The van der Waals surface area contributed by atoms with E-state index in [9.17, 15) is 23.2 Å². The van der Waals surface area contributed by atoms with E-state index in [1.54, 1.807) is 24.5 Å². The topological polar surface area (TPSA) is 83.0 Å². The largest absolute Gasteiger partial charge is 0.416 e. The lowest BCUT2D eigenvalue weighted by Crippen LogP contribution is -2.39. The molecule has 2 heterocycles. The highest BCUT2D eigenvalue weighted by Gasteiger charge is 2.41. The van der Waals surface area contributed by atoms with Crippen molar-refractivity contribution in [2.24, 2.45) is 5.73 Å². The molecule has 0 saturated carbocycles. The van der Waals surface area contributed by atoms with Gasteiger partial charge < -0.3 is 5.73 Å². The highest BCUT2D eigenvalue weighted by Crippen LogP contribution is 2.48. The molecular formula is C22H16ClF3N4O. The molecule has 5 nitrogen and oxygen atoms in total. The fourth-order valence-corrected chi connectivity index (χ4v) is 4.30. The molecule has 1 aromatic heterocycles. The van der Waals surface area contributed by atoms with Crippen LogP contribution >= 0.6 is 11.6 Å². The fraction of sp³-hybridized carbons (Fsp3) is 0.227. The number of halogens is 4. The van der Waals surface area contributed by atoms with E-state index in [4.69, 9.17) is 17.3 Å². The number of nitrogens with zero attached hydrogens (tertiary/aromatic N) is 3. The molecule has 0 spiro atoms. The molecule has 0 unspecified atom stereocenters. The molecule has 0 radical (unpaired) electrons. The lowest BCUT2D eigenvalue weighted by molar-refractivity contribution is -0.137. The van der Waals surface area contributed by atoms with Crippen LogP contribution < -0.4 is 10.6 Å². The molecule has 0 bridgehead atoms. The number of alkyl halides is 3. The number of anilines is 1. The third-order valence-electron chi connectivity index (χ3n) is 5.45. The van der Waals surface area contributed by atoms with Crippen LogP contribution in [0, 0.1) is 11.3 Å². The molecule has 1 aromatic carbocycles. The smallest absolute Gasteiger partial charge is 0.384 e. The molecule has 31 heavy (non-hydrogen) atoms. The van der Waals surface area contributed by atoms with Crippen molar-refractivity contribution < 1.29 is 18.0 Å². The normalized spacial score (nSPS) is 19.4. The number of pyridine rings is 1. The Kier molecular flexibility index (Phi) is 5.23. The number of Topliss-reactive ketones (excluding diaryl/α,β-unsaturated/α-hetero) is 1. The van der Waals surface area contributed by atoms with Gasteiger partial charge in [-0.1, -0.05) is 17.7 Å². The van der Waals surface area contributed by atoms with Gasteiger partial charge in [-0.3, -0.25) is 14.7 Å². The molecule has 0 saturated heterocycles. The fourth-order valence-electron chi connectivity index (χ4n) is 4.10. The second-order valence-corrected chi connectivity index (χ2v) is 7.67. The average molecular weight is 445 g/mol. The monoisotopic (exact) mass is 444 g/mol. The summed E-state index contributed by atoms with van der Waals surface area (Å²) in [5.41, 5.74) is 6.91. The number of hydrogen-bond donors (Lipinski definition) is 1. The molecule has 4 rings (SSSR count). The van der Waals surface area contributed by atoms with Crippen molar-refractivity contribution in [1.29, 1.82) is 5.26 Å². The number of nitrogens with two attached hydrogens (primary N) is 1. The molecule has 1 aliphatic carbocycles. The van der Waals surface area contributed by atoms with Gasteiger partial charge in [0.15, 0.2) is 5.78 Å². The summed E-state index contributed by atoms with van der Waals surface area (Å²) in [7, 11) is 0. The van der Waals surface area contributed by atoms with Crippen LogP contribution in [0.5, 0.6) is 0 Å². The van der Waals surface area contributed by atoms with Crippen LogP contribution in [0.4, 0.5) is 18.9 Å². The first-order chi connectivity index (χ1) is 14.7. The standard InChI is InChI=1S/C22H16ClF3N4O/c23-15-7-6-13(22(24,25)26)9-17(15)30-16-4-1-5-18(31)20(16)19(14(10-27)21(30)28)12-3-2-8-29-11-12/h2-3,6-9,11,19H,1,4-5,28H2/t19-/m0/s1. The van der Waals surface area contributed by atoms with Crippen LogP contribution in [0.25, 0.3) is 0 Å². The summed E-state index contributed by atoms with van der Waals surface area (Å²) >= 11 is 6.27. The Hall–Kier alpha value is -3.31. The van der Waals surface area contributed by atoms with Gasteiger partial charge in [0, 0.05) is 30.1 Å². The number of ketones is 1. The molecule has 9 heteroatoms. The van der Waals surface area contributed by atoms with Crippen LogP contribution in [0.2, 0.25) is 5.02 Å². The minimum Gasteiger partial charge on any atom is -0.384 e. The van der Waals surface area contributed by atoms with Crippen LogP contribution in [-0.4, -0.2) is 10.8 Å². The first kappa shape index (κ1) is 20.9. The number of aromatic nitrogens is 1. The first-order valence-corrected chi connectivity index (χ1v) is 9.84. The molecule has 0 fully saturated rings. The number of nitriles is 1. The summed E-state index contributed by atoms with van der Waals surface area (Å²) < 4.78 is 40.1. The molecule has 2 aromatic rings. The van der Waals surface area contributed by atoms with Crippen molar-refractivity contribution >= 4 is 23.1 Å². The number of benzene rings is 1. The van der Waals surface area contributed by atoms with Gasteiger partial charge in [0.25, 0.3) is 0 Å². The summed E-state index contributed by atoms with van der Waals surface area (Å²) in [6.07, 6.45) is -0.280. The summed E-state index contributed by atoms with van der Waals surface area (Å²) in [4.78, 5) is 18.4. The predicted octanol–water partition coefficient (Wildman–Crippen LogP) is 5.06. The van der Waals surface area contributed by atoms with Gasteiger partial charge in [-0.25, -0.2) is 0 Å². The van der Waals surface area contributed by atoms with E-state index in [0.29, 0.717) is 29.7 Å². The third-order valence-corrected chi connectivity index (χ3v) is 5.77. The second-order valence-electron chi connectivity index (χ2n) is 7.27. The summed E-state index contributed by atoms with van der Waals surface area (Å²) in [6.45, 7) is 0. The van der Waals surface area contributed by atoms with Crippen LogP contribution in [-0.2, 0) is 11.0 Å². The van der Waals surface area contributed by atoms with Crippen LogP contribution in [0.3, 0.4) is 0 Å². The lowest BCUT2D eigenvalue weighted by atomic mass is 9.76. The number of hydrogen-bond acceptors (Lipinski definition) is 5. The van der Waals surface area contributed by atoms with Crippen molar-refractivity contribution in [3.63, 3.8) is 0 Å². The SMILES string of the molecule is N#CC1=C(N)N(c2cc(C(F)(F)F)ccc2Cl)C2=C(C(=O)CCC2)[C@H]1c1cccnc1. The van der Waals surface area contributed by atoms with Gasteiger partial charge in [-0.2, -0.15) is 18.4 Å². The quantitative estimate of drug-likeness (QED) is 0.700. The van der Waals surface area contributed by atoms with E-state index in [1.165, 1.54) is 4.90 Å². The van der Waals surface area contributed by atoms with Crippen LogP contribution in [0.1, 0.15) is 36.3 Å². The summed E-state index contributed by atoms with van der Waals surface area (Å²) in [5, 5.41) is 9.93.